The van der Waals surface area contributed by atoms with E-state index in [0.717, 1.165) is 0 Å². The molecule has 3 aliphatic heterocycles. The van der Waals surface area contributed by atoms with Crippen molar-refractivity contribution in [3.05, 3.63) is 85.2 Å². The molecule has 1 N–H and O–H groups in total. The molecule has 0 radical (unpaired) electrons. The molecular formula is C22H16N3P+2. The summed E-state index contributed by atoms with van der Waals surface area (Å²) in [4.78, 5) is 0. The van der Waals surface area contributed by atoms with Crippen LogP contribution in [0.15, 0.2) is 85.2 Å². The number of anilines is 2. The van der Waals surface area contributed by atoms with Crippen molar-refractivity contribution in [1.29, 1.82) is 0 Å². The average Bonchev–Trinajstić information content (AvgIpc) is 3.17. The van der Waals surface area contributed by atoms with Crippen LogP contribution in [-0.2, 0) is 0 Å². The number of benzene rings is 2. The first-order chi connectivity index (χ1) is 12.9. The molecule has 1 spiro atoms. The van der Waals surface area contributed by atoms with Gasteiger partial charge in [-0.3, -0.25) is 0 Å². The number of aromatic nitrogens is 2. The Labute approximate surface area is 151 Å². The molecule has 2 aromatic carbocycles. The van der Waals surface area contributed by atoms with Gasteiger partial charge >= 0.3 is 151 Å². The topological polar surface area (TPSA) is 19.8 Å². The summed E-state index contributed by atoms with van der Waals surface area (Å²) < 4.78 is 5.17. The average molecular weight is 353 g/mol. The molecule has 0 saturated carbocycles. The van der Waals surface area contributed by atoms with Gasteiger partial charge < -0.3 is 0 Å². The van der Waals surface area contributed by atoms with Crippen molar-refractivity contribution >= 4 is 29.5 Å². The van der Waals surface area contributed by atoms with Crippen molar-refractivity contribution in [2.45, 2.75) is 0 Å². The molecule has 7 rings (SSSR count). The van der Waals surface area contributed by atoms with Crippen LogP contribution in [0.1, 0.15) is 0 Å². The second-order valence-corrected chi connectivity index (χ2v) is 10.5. The van der Waals surface area contributed by atoms with Crippen LogP contribution in [0, 0.1) is 0 Å². The Morgan fingerprint density at radius 2 is 1.12 bits per heavy atom. The summed E-state index contributed by atoms with van der Waals surface area (Å²) in [7, 11) is -2.36. The standard InChI is InChI=1S/C22H16N3P/c1-3-13-24-19(11-1)15-7-5-9-17-21(15)26(24)22-16(8-6-10-18(22)23-17)20-12-2-4-14-25(20)26/h1-14,23,26H/q+2. The molecule has 5 heterocycles. The van der Waals surface area contributed by atoms with Crippen molar-refractivity contribution in [2.24, 2.45) is 0 Å². The van der Waals surface area contributed by atoms with Crippen LogP contribution >= 0.6 is 7.56 Å². The molecule has 26 heavy (non-hydrogen) atoms. The molecule has 0 amide bonds. The first-order valence-corrected chi connectivity index (χ1v) is 10.9. The van der Waals surface area contributed by atoms with Gasteiger partial charge in [0.2, 0.25) is 0 Å². The Kier molecular flexibility index (Phi) is 2.13. The zero-order valence-corrected chi connectivity index (χ0v) is 15.0. The predicted octanol–water partition coefficient (Wildman–Crippen LogP) is 2.91. The normalized spacial score (nSPS) is 16.8. The molecular weight excluding hydrogens is 337 g/mol. The summed E-state index contributed by atoms with van der Waals surface area (Å²) in [5, 5.41) is 6.71. The third kappa shape index (κ3) is 1.21. The van der Waals surface area contributed by atoms with E-state index in [9.17, 15) is 0 Å². The monoisotopic (exact) mass is 353 g/mol. The molecule has 2 aromatic heterocycles. The van der Waals surface area contributed by atoms with Gasteiger partial charge in [-0.2, -0.15) is 0 Å². The van der Waals surface area contributed by atoms with Gasteiger partial charge in [-0.25, -0.2) is 0 Å². The molecule has 0 unspecified atom stereocenters. The Morgan fingerprint density at radius 3 is 1.65 bits per heavy atom. The third-order valence-corrected chi connectivity index (χ3v) is 10.7. The molecule has 0 bridgehead atoms. The van der Waals surface area contributed by atoms with E-state index in [-0.39, 0.29) is 0 Å². The summed E-state index contributed by atoms with van der Waals surface area (Å²) in [5.74, 6) is 0. The Hall–Kier alpha value is -3.03. The second kappa shape index (κ2) is 4.20. The van der Waals surface area contributed by atoms with E-state index in [1.54, 1.807) is 0 Å². The quantitative estimate of drug-likeness (QED) is 0.416. The van der Waals surface area contributed by atoms with Gasteiger partial charge in [0.25, 0.3) is 0 Å². The van der Waals surface area contributed by atoms with Crippen molar-refractivity contribution in [2.75, 3.05) is 5.32 Å². The zero-order valence-electron chi connectivity index (χ0n) is 14.0. The molecule has 4 aromatic rings. The van der Waals surface area contributed by atoms with Crippen molar-refractivity contribution in [1.82, 2.24) is 0 Å². The van der Waals surface area contributed by atoms with Crippen molar-refractivity contribution in [3.8, 4) is 22.5 Å². The van der Waals surface area contributed by atoms with Crippen molar-refractivity contribution < 1.29 is 8.68 Å². The van der Waals surface area contributed by atoms with E-state index < -0.39 is 7.56 Å². The number of nitrogens with one attached hydrogen (secondary N) is 1. The molecule has 122 valence electrons. The first kappa shape index (κ1) is 13.2. The fourth-order valence-electron chi connectivity index (χ4n) is 5.25. The van der Waals surface area contributed by atoms with Gasteiger partial charge in [-0.1, -0.05) is 0 Å². The number of hydrogen-bond donors (Lipinski definition) is 1. The fourth-order valence-corrected chi connectivity index (χ4v) is 10.6. The Bertz CT molecular complexity index is 1180. The van der Waals surface area contributed by atoms with E-state index in [1.165, 1.54) is 44.5 Å². The fraction of sp³-hybridized carbons (Fsp3) is 0. The summed E-state index contributed by atoms with van der Waals surface area (Å²) in [6.07, 6.45) is 4.57. The van der Waals surface area contributed by atoms with Gasteiger partial charge in [-0.15, -0.1) is 0 Å². The molecule has 3 aliphatic rings. The van der Waals surface area contributed by atoms with E-state index in [4.69, 9.17) is 0 Å². The summed E-state index contributed by atoms with van der Waals surface area (Å²) in [6.45, 7) is 0. The van der Waals surface area contributed by atoms with Crippen molar-refractivity contribution in [3.63, 3.8) is 0 Å². The predicted molar refractivity (Wildman–Crippen MR) is 106 cm³/mol. The van der Waals surface area contributed by atoms with Crippen LogP contribution in [0.3, 0.4) is 0 Å². The maximum atomic E-state index is 3.74. The van der Waals surface area contributed by atoms with Crippen LogP contribution < -0.4 is 24.6 Å². The van der Waals surface area contributed by atoms with Crippen LogP contribution in [0.4, 0.5) is 11.4 Å². The minimum absolute atomic E-state index is 1.26. The van der Waals surface area contributed by atoms with Gasteiger partial charge in [0.15, 0.2) is 0 Å². The van der Waals surface area contributed by atoms with Gasteiger partial charge in [0, 0.05) is 0 Å². The van der Waals surface area contributed by atoms with Crippen LogP contribution in [0.2, 0.25) is 0 Å². The SMILES string of the molecule is c1cc2c3c(c1)-c1cccc[n+]1[PH]31c3c(cccc3-c3cccc[n+]31)N2. The molecule has 0 fully saturated rings. The molecule has 0 atom stereocenters. The number of nitrogens with zero attached hydrogens (tertiary/aromatic N) is 2. The van der Waals surface area contributed by atoms with E-state index in [2.05, 4.69) is 99.2 Å². The van der Waals surface area contributed by atoms with Crippen LogP contribution in [0.25, 0.3) is 22.5 Å². The van der Waals surface area contributed by atoms with E-state index in [0.29, 0.717) is 0 Å². The number of fused-ring (bicyclic) bond motifs is 4. The number of hydrogen-bond acceptors (Lipinski definition) is 1. The summed E-state index contributed by atoms with van der Waals surface area (Å²) in [5.41, 5.74) is 7.90. The Balaban J connectivity index is 1.81. The first-order valence-electron chi connectivity index (χ1n) is 8.98. The summed E-state index contributed by atoms with van der Waals surface area (Å²) in [6, 6.07) is 26.5. The maximum absolute atomic E-state index is 3.74. The summed E-state index contributed by atoms with van der Waals surface area (Å²) >= 11 is 0. The van der Waals surface area contributed by atoms with E-state index >= 15 is 0 Å². The van der Waals surface area contributed by atoms with Gasteiger partial charge in [-0.05, 0) is 0 Å². The number of pyridine rings is 2. The third-order valence-electron chi connectivity index (χ3n) is 6.06. The second-order valence-electron chi connectivity index (χ2n) is 7.17. The van der Waals surface area contributed by atoms with Crippen LogP contribution in [0.5, 0.6) is 0 Å². The minimum atomic E-state index is -2.36. The van der Waals surface area contributed by atoms with E-state index in [1.807, 2.05) is 0 Å². The number of rotatable bonds is 0. The zero-order chi connectivity index (χ0) is 16.9. The van der Waals surface area contributed by atoms with Gasteiger partial charge in [0.1, 0.15) is 0 Å². The Morgan fingerprint density at radius 1 is 0.577 bits per heavy atom. The molecule has 4 heteroatoms. The molecule has 0 saturated heterocycles. The van der Waals surface area contributed by atoms with Crippen LogP contribution in [-0.4, -0.2) is 0 Å². The van der Waals surface area contributed by atoms with Gasteiger partial charge in [0.05, 0.1) is 0 Å². The molecule has 0 aliphatic carbocycles. The molecule has 3 nitrogen and oxygen atoms in total.